The zero-order valence-electron chi connectivity index (χ0n) is 10.5. The SMILES string of the molecule is [C-]#[N+]c1c(Cc2ccccc2)nc(SCC)[nH]c1=O. The van der Waals surface area contributed by atoms with Crippen molar-refractivity contribution in [2.75, 3.05) is 5.75 Å². The molecular formula is C14H13N3OS. The molecule has 2 rings (SSSR count). The molecule has 5 heteroatoms. The van der Waals surface area contributed by atoms with E-state index < -0.39 is 0 Å². The Labute approximate surface area is 115 Å². The summed E-state index contributed by atoms with van der Waals surface area (Å²) in [6.45, 7) is 9.11. The third-order valence-corrected chi connectivity index (χ3v) is 3.31. The predicted molar refractivity (Wildman–Crippen MR) is 76.8 cm³/mol. The first-order valence-electron chi connectivity index (χ1n) is 5.92. The summed E-state index contributed by atoms with van der Waals surface area (Å²) in [4.78, 5) is 22.2. The minimum atomic E-state index is -0.355. The highest BCUT2D eigenvalue weighted by Gasteiger charge is 2.12. The van der Waals surface area contributed by atoms with Crippen molar-refractivity contribution in [2.45, 2.75) is 18.5 Å². The maximum absolute atomic E-state index is 11.8. The van der Waals surface area contributed by atoms with Gasteiger partial charge >= 0.3 is 0 Å². The summed E-state index contributed by atoms with van der Waals surface area (Å²) in [7, 11) is 0. The van der Waals surface area contributed by atoms with E-state index in [0.29, 0.717) is 17.3 Å². The van der Waals surface area contributed by atoms with Gasteiger partial charge in [-0.3, -0.25) is 4.79 Å². The monoisotopic (exact) mass is 271 g/mol. The minimum absolute atomic E-state index is 0.0873. The van der Waals surface area contributed by atoms with Gasteiger partial charge in [0.25, 0.3) is 11.2 Å². The van der Waals surface area contributed by atoms with Gasteiger partial charge in [-0.25, -0.2) is 9.83 Å². The van der Waals surface area contributed by atoms with Crippen molar-refractivity contribution < 1.29 is 0 Å². The van der Waals surface area contributed by atoms with Gasteiger partial charge in [0.1, 0.15) is 0 Å². The van der Waals surface area contributed by atoms with Crippen LogP contribution in [0.2, 0.25) is 0 Å². The second kappa shape index (κ2) is 6.21. The number of thioether (sulfide) groups is 1. The zero-order valence-corrected chi connectivity index (χ0v) is 11.3. The van der Waals surface area contributed by atoms with Crippen LogP contribution < -0.4 is 5.56 Å². The Morgan fingerprint density at radius 1 is 1.37 bits per heavy atom. The van der Waals surface area contributed by atoms with Crippen molar-refractivity contribution in [1.82, 2.24) is 9.97 Å². The quantitative estimate of drug-likeness (QED) is 0.528. The number of aromatic amines is 1. The van der Waals surface area contributed by atoms with Gasteiger partial charge in [-0.05, 0) is 11.3 Å². The number of hydrogen-bond donors (Lipinski definition) is 1. The molecule has 1 aromatic carbocycles. The molecule has 0 aliphatic carbocycles. The maximum atomic E-state index is 11.8. The molecule has 0 aliphatic rings. The molecule has 1 heterocycles. The Kier molecular flexibility index (Phi) is 4.37. The van der Waals surface area contributed by atoms with Gasteiger partial charge in [0.2, 0.25) is 0 Å². The number of nitrogens with one attached hydrogen (secondary N) is 1. The lowest BCUT2D eigenvalue weighted by molar-refractivity contribution is 0.889. The Morgan fingerprint density at radius 3 is 2.74 bits per heavy atom. The average molecular weight is 271 g/mol. The minimum Gasteiger partial charge on any atom is -0.311 e. The molecule has 19 heavy (non-hydrogen) atoms. The Hall–Kier alpha value is -2.06. The van der Waals surface area contributed by atoms with E-state index in [1.807, 2.05) is 37.3 Å². The Morgan fingerprint density at radius 2 is 2.11 bits per heavy atom. The van der Waals surface area contributed by atoms with Gasteiger partial charge in [0, 0.05) is 6.42 Å². The predicted octanol–water partition coefficient (Wildman–Crippen LogP) is 3.02. The highest BCUT2D eigenvalue weighted by atomic mass is 32.2. The largest absolute Gasteiger partial charge is 0.311 e. The van der Waals surface area contributed by atoms with Crippen LogP contribution in [-0.4, -0.2) is 15.7 Å². The fourth-order valence-electron chi connectivity index (χ4n) is 1.72. The van der Waals surface area contributed by atoms with Crippen LogP contribution in [0, 0.1) is 6.57 Å². The van der Waals surface area contributed by atoms with Crippen LogP contribution in [0.1, 0.15) is 18.2 Å². The summed E-state index contributed by atoms with van der Waals surface area (Å²) in [5, 5.41) is 0.575. The van der Waals surface area contributed by atoms with Crippen LogP contribution in [-0.2, 0) is 6.42 Å². The van der Waals surface area contributed by atoms with E-state index in [0.717, 1.165) is 11.3 Å². The summed E-state index contributed by atoms with van der Waals surface area (Å²) >= 11 is 1.46. The van der Waals surface area contributed by atoms with E-state index in [2.05, 4.69) is 14.8 Å². The number of hydrogen-bond acceptors (Lipinski definition) is 3. The molecule has 4 nitrogen and oxygen atoms in total. The number of rotatable bonds is 4. The van der Waals surface area contributed by atoms with Crippen molar-refractivity contribution >= 4 is 17.4 Å². The molecule has 0 aliphatic heterocycles. The fraction of sp³-hybridized carbons (Fsp3) is 0.214. The lowest BCUT2D eigenvalue weighted by atomic mass is 10.1. The van der Waals surface area contributed by atoms with Gasteiger partial charge in [0.15, 0.2) is 5.16 Å². The molecule has 1 N–H and O–H groups in total. The highest BCUT2D eigenvalue weighted by molar-refractivity contribution is 7.99. The smallest absolute Gasteiger partial charge is 0.271 e. The van der Waals surface area contributed by atoms with Gasteiger partial charge in [0.05, 0.1) is 12.3 Å². The number of aromatic nitrogens is 2. The van der Waals surface area contributed by atoms with E-state index in [1.54, 1.807) is 0 Å². The van der Waals surface area contributed by atoms with Crippen molar-refractivity contribution in [2.24, 2.45) is 0 Å². The normalized spacial score (nSPS) is 10.1. The van der Waals surface area contributed by atoms with E-state index in [1.165, 1.54) is 11.8 Å². The van der Waals surface area contributed by atoms with E-state index in [9.17, 15) is 4.79 Å². The molecule has 0 unspecified atom stereocenters. The van der Waals surface area contributed by atoms with Crippen LogP contribution >= 0.6 is 11.8 Å². The molecule has 2 aromatic rings. The molecule has 0 amide bonds. The summed E-state index contributed by atoms with van der Waals surface area (Å²) in [5.41, 5.74) is 1.31. The van der Waals surface area contributed by atoms with Crippen molar-refractivity contribution in [3.8, 4) is 0 Å². The molecule has 0 saturated heterocycles. The highest BCUT2D eigenvalue weighted by Crippen LogP contribution is 2.19. The van der Waals surface area contributed by atoms with Crippen molar-refractivity contribution in [1.29, 1.82) is 0 Å². The first-order valence-corrected chi connectivity index (χ1v) is 6.90. The van der Waals surface area contributed by atoms with Crippen LogP contribution in [0.3, 0.4) is 0 Å². The molecule has 0 bridgehead atoms. The standard InChI is InChI=1S/C14H13N3OS/c1-3-19-14-16-11(12(15-2)13(18)17-14)9-10-7-5-4-6-8-10/h4-8H,3,9H2,1H3,(H,16,17,18). The molecule has 0 spiro atoms. The van der Waals surface area contributed by atoms with Gasteiger partial charge in [-0.15, -0.1) is 0 Å². The molecular weight excluding hydrogens is 258 g/mol. The lowest BCUT2D eigenvalue weighted by Gasteiger charge is -2.05. The average Bonchev–Trinajstić information content (AvgIpc) is 2.40. The first kappa shape index (κ1) is 13.4. The summed E-state index contributed by atoms with van der Waals surface area (Å²) in [6.07, 6.45) is 0.500. The van der Waals surface area contributed by atoms with Gasteiger partial charge in [-0.1, -0.05) is 49.0 Å². The van der Waals surface area contributed by atoms with E-state index >= 15 is 0 Å². The molecule has 0 atom stereocenters. The maximum Gasteiger partial charge on any atom is 0.271 e. The fourth-order valence-corrected chi connectivity index (χ4v) is 2.34. The van der Waals surface area contributed by atoms with Crippen LogP contribution in [0.25, 0.3) is 4.85 Å². The summed E-state index contributed by atoms with van der Waals surface area (Å²) in [6, 6.07) is 9.72. The van der Waals surface area contributed by atoms with Crippen LogP contribution in [0.4, 0.5) is 5.69 Å². The first-order chi connectivity index (χ1) is 9.24. The Balaban J connectivity index is 2.43. The number of H-pyrrole nitrogens is 1. The van der Waals surface area contributed by atoms with Crippen molar-refractivity contribution in [3.63, 3.8) is 0 Å². The number of benzene rings is 1. The molecule has 96 valence electrons. The topological polar surface area (TPSA) is 50.1 Å². The van der Waals surface area contributed by atoms with E-state index in [-0.39, 0.29) is 11.2 Å². The summed E-state index contributed by atoms with van der Waals surface area (Å²) < 4.78 is 0. The number of nitrogens with zero attached hydrogens (tertiary/aromatic N) is 2. The lowest BCUT2D eigenvalue weighted by Crippen LogP contribution is -2.11. The summed E-state index contributed by atoms with van der Waals surface area (Å²) in [5.74, 6) is 0.824. The zero-order chi connectivity index (χ0) is 13.7. The van der Waals surface area contributed by atoms with Crippen LogP contribution in [0.15, 0.2) is 40.3 Å². The van der Waals surface area contributed by atoms with Gasteiger partial charge in [-0.2, -0.15) is 0 Å². The van der Waals surface area contributed by atoms with Crippen LogP contribution in [0.5, 0.6) is 0 Å². The molecule has 0 radical (unpaired) electrons. The molecule has 1 aromatic heterocycles. The second-order valence-corrected chi connectivity index (χ2v) is 5.13. The second-order valence-electron chi connectivity index (χ2n) is 3.87. The van der Waals surface area contributed by atoms with Gasteiger partial charge < -0.3 is 4.98 Å². The Bertz CT molecular complexity index is 659. The van der Waals surface area contributed by atoms with E-state index in [4.69, 9.17) is 6.57 Å². The third kappa shape index (κ3) is 3.24. The molecule has 0 saturated carbocycles. The molecule has 0 fully saturated rings. The van der Waals surface area contributed by atoms with Crippen molar-refractivity contribution in [3.05, 3.63) is 63.4 Å². The third-order valence-electron chi connectivity index (χ3n) is 2.55.